The zero-order chi connectivity index (χ0) is 14.8. The number of rotatable bonds is 5. The fourth-order valence-electron chi connectivity index (χ4n) is 1.94. The molecule has 0 aliphatic rings. The fraction of sp³-hybridized carbons (Fsp3) is 0.438. The van der Waals surface area contributed by atoms with Crippen LogP contribution in [0, 0.1) is 0 Å². The van der Waals surface area contributed by atoms with Crippen molar-refractivity contribution in [3.05, 3.63) is 35.2 Å². The van der Waals surface area contributed by atoms with Gasteiger partial charge >= 0.3 is 0 Å². The Labute approximate surface area is 125 Å². The second-order valence-electron chi connectivity index (χ2n) is 5.56. The first-order valence-electron chi connectivity index (χ1n) is 6.98. The highest BCUT2D eigenvalue weighted by molar-refractivity contribution is 7.16. The molecule has 4 heteroatoms. The van der Waals surface area contributed by atoms with E-state index in [0.717, 1.165) is 27.7 Å². The fourth-order valence-corrected chi connectivity index (χ4v) is 3.02. The SMILES string of the molecule is CCC(C)(C)N(C)c1nc(-c2ccccc2)c(CN)s1. The molecule has 0 amide bonds. The largest absolute Gasteiger partial charge is 0.346 e. The van der Waals surface area contributed by atoms with E-state index in [4.69, 9.17) is 10.7 Å². The molecule has 2 rings (SSSR count). The van der Waals surface area contributed by atoms with Gasteiger partial charge in [-0.25, -0.2) is 4.98 Å². The minimum Gasteiger partial charge on any atom is -0.346 e. The van der Waals surface area contributed by atoms with Crippen LogP contribution < -0.4 is 10.6 Å². The molecule has 3 nitrogen and oxygen atoms in total. The Morgan fingerprint density at radius 1 is 1.25 bits per heavy atom. The summed E-state index contributed by atoms with van der Waals surface area (Å²) in [5.74, 6) is 0. The summed E-state index contributed by atoms with van der Waals surface area (Å²) in [6.07, 6.45) is 1.07. The van der Waals surface area contributed by atoms with Crippen LogP contribution in [-0.4, -0.2) is 17.6 Å². The number of nitrogens with zero attached hydrogens (tertiary/aromatic N) is 2. The van der Waals surface area contributed by atoms with Gasteiger partial charge in [0.05, 0.1) is 5.69 Å². The van der Waals surface area contributed by atoms with E-state index in [1.165, 1.54) is 0 Å². The molecule has 0 aliphatic heterocycles. The van der Waals surface area contributed by atoms with Gasteiger partial charge in [-0.3, -0.25) is 0 Å². The number of hydrogen-bond acceptors (Lipinski definition) is 4. The summed E-state index contributed by atoms with van der Waals surface area (Å²) in [6.45, 7) is 7.20. The van der Waals surface area contributed by atoms with E-state index in [2.05, 4.69) is 44.9 Å². The van der Waals surface area contributed by atoms with Crippen LogP contribution in [0.5, 0.6) is 0 Å². The van der Waals surface area contributed by atoms with Gasteiger partial charge in [-0.05, 0) is 20.3 Å². The summed E-state index contributed by atoms with van der Waals surface area (Å²) < 4.78 is 0. The van der Waals surface area contributed by atoms with Crippen molar-refractivity contribution >= 4 is 16.5 Å². The summed E-state index contributed by atoms with van der Waals surface area (Å²) in [7, 11) is 2.11. The molecule has 1 aromatic heterocycles. The average molecular weight is 289 g/mol. The van der Waals surface area contributed by atoms with Crippen LogP contribution in [0.3, 0.4) is 0 Å². The number of benzene rings is 1. The van der Waals surface area contributed by atoms with Gasteiger partial charge < -0.3 is 10.6 Å². The monoisotopic (exact) mass is 289 g/mol. The van der Waals surface area contributed by atoms with Gasteiger partial charge in [-0.2, -0.15) is 0 Å². The highest BCUT2D eigenvalue weighted by Crippen LogP contribution is 2.35. The van der Waals surface area contributed by atoms with E-state index in [-0.39, 0.29) is 5.54 Å². The first-order chi connectivity index (χ1) is 9.49. The topological polar surface area (TPSA) is 42.2 Å². The molecular formula is C16H23N3S. The van der Waals surface area contributed by atoms with Crippen LogP contribution in [0.1, 0.15) is 32.1 Å². The zero-order valence-electron chi connectivity index (χ0n) is 12.7. The van der Waals surface area contributed by atoms with E-state index in [9.17, 15) is 0 Å². The lowest BCUT2D eigenvalue weighted by Gasteiger charge is -2.34. The molecule has 0 fully saturated rings. The van der Waals surface area contributed by atoms with Gasteiger partial charge in [0.2, 0.25) is 0 Å². The summed E-state index contributed by atoms with van der Waals surface area (Å²) in [5.41, 5.74) is 8.15. The minimum absolute atomic E-state index is 0.0949. The Morgan fingerprint density at radius 2 is 1.90 bits per heavy atom. The smallest absolute Gasteiger partial charge is 0.186 e. The number of thiazole rings is 1. The minimum atomic E-state index is 0.0949. The maximum absolute atomic E-state index is 5.89. The van der Waals surface area contributed by atoms with Crippen LogP contribution in [-0.2, 0) is 6.54 Å². The van der Waals surface area contributed by atoms with Crippen molar-refractivity contribution < 1.29 is 0 Å². The standard InChI is InChI=1S/C16H23N3S/c1-5-16(2,3)19(4)15-18-14(13(11-17)20-15)12-9-7-6-8-10-12/h6-10H,5,11,17H2,1-4H3. The highest BCUT2D eigenvalue weighted by atomic mass is 32.1. The molecule has 20 heavy (non-hydrogen) atoms. The van der Waals surface area contributed by atoms with E-state index >= 15 is 0 Å². The lowest BCUT2D eigenvalue weighted by molar-refractivity contribution is 0.470. The predicted molar refractivity (Wildman–Crippen MR) is 88.2 cm³/mol. The molecule has 0 spiro atoms. The summed E-state index contributed by atoms with van der Waals surface area (Å²) in [5, 5.41) is 1.04. The lowest BCUT2D eigenvalue weighted by atomic mass is 10.0. The molecule has 1 heterocycles. The van der Waals surface area contributed by atoms with Crippen molar-refractivity contribution in [3.63, 3.8) is 0 Å². The van der Waals surface area contributed by atoms with Gasteiger partial charge in [-0.15, -0.1) is 0 Å². The van der Waals surface area contributed by atoms with E-state index in [0.29, 0.717) is 6.54 Å². The third kappa shape index (κ3) is 2.86. The maximum Gasteiger partial charge on any atom is 0.186 e. The van der Waals surface area contributed by atoms with Crippen molar-refractivity contribution in [2.45, 2.75) is 39.3 Å². The van der Waals surface area contributed by atoms with Crippen molar-refractivity contribution in [1.82, 2.24) is 4.98 Å². The van der Waals surface area contributed by atoms with Crippen molar-refractivity contribution in [3.8, 4) is 11.3 Å². The van der Waals surface area contributed by atoms with Crippen molar-refractivity contribution in [1.29, 1.82) is 0 Å². The molecule has 0 bridgehead atoms. The Kier molecular flexibility index (Phi) is 4.45. The Morgan fingerprint density at radius 3 is 2.45 bits per heavy atom. The zero-order valence-corrected chi connectivity index (χ0v) is 13.5. The van der Waals surface area contributed by atoms with E-state index < -0.39 is 0 Å². The molecule has 0 radical (unpaired) electrons. The average Bonchev–Trinajstić information content (AvgIpc) is 2.91. The van der Waals surface area contributed by atoms with Gasteiger partial charge in [0, 0.05) is 29.6 Å². The van der Waals surface area contributed by atoms with Gasteiger partial charge in [0.25, 0.3) is 0 Å². The third-order valence-electron chi connectivity index (χ3n) is 3.98. The Hall–Kier alpha value is -1.39. The van der Waals surface area contributed by atoms with E-state index in [1.54, 1.807) is 11.3 Å². The summed E-state index contributed by atoms with van der Waals surface area (Å²) in [6, 6.07) is 10.3. The first-order valence-corrected chi connectivity index (χ1v) is 7.80. The molecule has 0 saturated heterocycles. The van der Waals surface area contributed by atoms with Gasteiger partial charge in [0.15, 0.2) is 5.13 Å². The highest BCUT2D eigenvalue weighted by Gasteiger charge is 2.25. The molecule has 108 valence electrons. The van der Waals surface area contributed by atoms with Crippen LogP contribution in [0.2, 0.25) is 0 Å². The number of nitrogens with two attached hydrogens (primary N) is 1. The third-order valence-corrected chi connectivity index (χ3v) is 5.13. The van der Waals surface area contributed by atoms with E-state index in [1.807, 2.05) is 18.2 Å². The molecular weight excluding hydrogens is 266 g/mol. The number of aromatic nitrogens is 1. The Balaban J connectivity index is 2.42. The predicted octanol–water partition coefficient (Wildman–Crippen LogP) is 3.89. The number of hydrogen-bond donors (Lipinski definition) is 1. The van der Waals surface area contributed by atoms with Crippen molar-refractivity contribution in [2.24, 2.45) is 5.73 Å². The second-order valence-corrected chi connectivity index (χ2v) is 6.63. The normalized spacial score (nSPS) is 11.7. The summed E-state index contributed by atoms with van der Waals surface area (Å²) >= 11 is 1.69. The lowest BCUT2D eigenvalue weighted by Crippen LogP contribution is -2.40. The van der Waals surface area contributed by atoms with Crippen LogP contribution in [0.15, 0.2) is 30.3 Å². The first kappa shape index (κ1) is 15.0. The van der Waals surface area contributed by atoms with Crippen molar-refractivity contribution in [2.75, 3.05) is 11.9 Å². The molecule has 2 N–H and O–H groups in total. The molecule has 0 unspecified atom stereocenters. The quantitative estimate of drug-likeness (QED) is 0.908. The van der Waals surface area contributed by atoms with Crippen LogP contribution in [0.25, 0.3) is 11.3 Å². The molecule has 0 atom stereocenters. The molecule has 2 aromatic rings. The van der Waals surface area contributed by atoms with Gasteiger partial charge in [0.1, 0.15) is 0 Å². The number of anilines is 1. The Bertz CT molecular complexity index is 560. The second kappa shape index (κ2) is 5.94. The molecule has 1 aromatic carbocycles. The van der Waals surface area contributed by atoms with Crippen LogP contribution in [0.4, 0.5) is 5.13 Å². The molecule has 0 aliphatic carbocycles. The molecule has 0 saturated carbocycles. The van der Waals surface area contributed by atoms with Gasteiger partial charge in [-0.1, -0.05) is 48.6 Å². The van der Waals surface area contributed by atoms with Crippen LogP contribution >= 0.6 is 11.3 Å². The summed E-state index contributed by atoms with van der Waals surface area (Å²) in [4.78, 5) is 8.23. The maximum atomic E-state index is 5.89.